The largest absolute Gasteiger partial charge is 0.494 e. The zero-order valence-corrected chi connectivity index (χ0v) is 19.9. The van der Waals surface area contributed by atoms with Crippen LogP contribution in [0, 0.1) is 11.2 Å². The summed E-state index contributed by atoms with van der Waals surface area (Å²) in [5, 5.41) is 10.7. The Morgan fingerprint density at radius 3 is 2.69 bits per heavy atom. The minimum Gasteiger partial charge on any atom is -0.494 e. The van der Waals surface area contributed by atoms with Gasteiger partial charge in [-0.3, -0.25) is 9.59 Å². The number of rotatable bonds is 5. The molecule has 5 rings (SSSR count). The Bertz CT molecular complexity index is 1340. The zero-order valence-electron chi connectivity index (χ0n) is 19.9. The monoisotopic (exact) mass is 474 g/mol. The van der Waals surface area contributed by atoms with Crippen molar-refractivity contribution in [2.45, 2.75) is 39.7 Å². The number of allylic oxidation sites excluding steroid dienone is 2. The second-order valence-electron chi connectivity index (χ2n) is 9.64. The molecule has 0 spiro atoms. The van der Waals surface area contributed by atoms with Crippen molar-refractivity contribution in [3.63, 3.8) is 0 Å². The summed E-state index contributed by atoms with van der Waals surface area (Å²) in [5.74, 6) is 0.467. The molecular weight excluding hydrogens is 447 g/mol. The Morgan fingerprint density at radius 1 is 1.20 bits per heavy atom. The molecule has 1 atom stereocenters. The molecule has 2 aliphatic rings. The van der Waals surface area contributed by atoms with Gasteiger partial charge in [-0.05, 0) is 49.1 Å². The van der Waals surface area contributed by atoms with Crippen LogP contribution in [0.4, 0.5) is 15.9 Å². The van der Waals surface area contributed by atoms with E-state index in [1.165, 1.54) is 30.5 Å². The molecule has 180 valence electrons. The molecule has 8 heteroatoms. The average molecular weight is 475 g/mol. The van der Waals surface area contributed by atoms with Gasteiger partial charge in [0.1, 0.15) is 29.0 Å². The van der Waals surface area contributed by atoms with E-state index in [0.29, 0.717) is 47.8 Å². The molecule has 1 unspecified atom stereocenters. The van der Waals surface area contributed by atoms with Crippen molar-refractivity contribution in [3.05, 3.63) is 82.9 Å². The molecule has 7 nitrogen and oxygen atoms in total. The molecule has 35 heavy (non-hydrogen) atoms. The molecule has 1 aliphatic heterocycles. The van der Waals surface area contributed by atoms with Gasteiger partial charge in [-0.15, -0.1) is 0 Å². The molecule has 2 N–H and O–H groups in total. The first kappa shape index (κ1) is 22.8. The first-order valence-electron chi connectivity index (χ1n) is 11.7. The lowest BCUT2D eigenvalue weighted by Crippen LogP contribution is -2.37. The predicted molar refractivity (Wildman–Crippen MR) is 131 cm³/mol. The van der Waals surface area contributed by atoms with Crippen LogP contribution in [0.1, 0.15) is 55.6 Å². The van der Waals surface area contributed by atoms with E-state index >= 15 is 0 Å². The number of halogens is 1. The molecule has 0 saturated heterocycles. The van der Waals surface area contributed by atoms with Gasteiger partial charge in [0.2, 0.25) is 0 Å². The lowest BCUT2D eigenvalue weighted by molar-refractivity contribution is -0.118. The van der Waals surface area contributed by atoms with Gasteiger partial charge in [-0.25, -0.2) is 9.07 Å². The summed E-state index contributed by atoms with van der Waals surface area (Å²) < 4.78 is 20.9. The summed E-state index contributed by atoms with van der Waals surface area (Å²) in [6.45, 7) is 6.52. The van der Waals surface area contributed by atoms with E-state index in [1.807, 2.05) is 31.2 Å². The van der Waals surface area contributed by atoms with Crippen molar-refractivity contribution in [3.8, 4) is 5.75 Å². The van der Waals surface area contributed by atoms with Gasteiger partial charge in [0.25, 0.3) is 5.91 Å². The number of amides is 1. The fourth-order valence-electron chi connectivity index (χ4n) is 4.89. The van der Waals surface area contributed by atoms with Crippen LogP contribution in [-0.4, -0.2) is 28.1 Å². The molecule has 2 heterocycles. The highest BCUT2D eigenvalue weighted by Crippen LogP contribution is 2.47. The lowest BCUT2D eigenvalue weighted by atomic mass is 9.73. The Kier molecular flexibility index (Phi) is 5.67. The van der Waals surface area contributed by atoms with Crippen LogP contribution in [0.3, 0.4) is 0 Å². The van der Waals surface area contributed by atoms with Crippen LogP contribution in [0.15, 0.2) is 66.0 Å². The first-order valence-corrected chi connectivity index (χ1v) is 11.7. The van der Waals surface area contributed by atoms with Gasteiger partial charge in [-0.1, -0.05) is 32.0 Å². The number of hydrogen-bond acceptors (Lipinski definition) is 5. The predicted octanol–water partition coefficient (Wildman–Crippen LogP) is 5.33. The molecule has 0 radical (unpaired) electrons. The van der Waals surface area contributed by atoms with E-state index in [2.05, 4.69) is 29.6 Å². The number of Topliss-reactive ketones (excluding diaryl/α,β-unsaturated/α-hetero) is 1. The number of carbonyl (C=O) groups excluding carboxylic acids is 2. The average Bonchev–Trinajstić information content (AvgIpc) is 3.23. The van der Waals surface area contributed by atoms with E-state index in [-0.39, 0.29) is 22.9 Å². The van der Waals surface area contributed by atoms with Crippen molar-refractivity contribution in [2.24, 2.45) is 5.41 Å². The van der Waals surface area contributed by atoms with Gasteiger partial charge in [-0.2, -0.15) is 5.10 Å². The van der Waals surface area contributed by atoms with Crippen molar-refractivity contribution < 1.29 is 18.7 Å². The maximum atomic E-state index is 13.4. The number of carbonyl (C=O) groups is 2. The van der Waals surface area contributed by atoms with Crippen LogP contribution in [0.2, 0.25) is 0 Å². The maximum Gasteiger partial charge on any atom is 0.261 e. The lowest BCUT2D eigenvalue weighted by Gasteiger charge is -2.39. The van der Waals surface area contributed by atoms with Crippen LogP contribution in [-0.2, 0) is 4.79 Å². The Morgan fingerprint density at radius 2 is 1.94 bits per heavy atom. The van der Waals surface area contributed by atoms with Crippen molar-refractivity contribution in [1.29, 1.82) is 0 Å². The summed E-state index contributed by atoms with van der Waals surface area (Å²) in [4.78, 5) is 26.6. The SMILES string of the molecule is CCOc1ccccc1C1C2=C(CC(C)(C)CC2=O)Nc2c(C(=O)Nc3ccc(F)cc3)cnn21. The number of ether oxygens (including phenoxy) is 1. The van der Waals surface area contributed by atoms with E-state index in [0.717, 1.165) is 11.3 Å². The highest BCUT2D eigenvalue weighted by Gasteiger charge is 2.43. The van der Waals surface area contributed by atoms with Crippen molar-refractivity contribution >= 4 is 23.2 Å². The van der Waals surface area contributed by atoms with Gasteiger partial charge in [0.15, 0.2) is 5.78 Å². The van der Waals surface area contributed by atoms with E-state index in [1.54, 1.807) is 4.68 Å². The molecule has 1 amide bonds. The topological polar surface area (TPSA) is 85.2 Å². The van der Waals surface area contributed by atoms with Crippen LogP contribution in [0.25, 0.3) is 0 Å². The second-order valence-corrected chi connectivity index (χ2v) is 9.64. The van der Waals surface area contributed by atoms with Crippen LogP contribution >= 0.6 is 0 Å². The molecule has 1 aliphatic carbocycles. The third-order valence-electron chi connectivity index (χ3n) is 6.36. The quantitative estimate of drug-likeness (QED) is 0.522. The molecule has 0 fully saturated rings. The fourth-order valence-corrected chi connectivity index (χ4v) is 4.89. The van der Waals surface area contributed by atoms with E-state index in [9.17, 15) is 14.0 Å². The molecular formula is C27H27FN4O3. The molecule has 3 aromatic rings. The van der Waals surface area contributed by atoms with E-state index in [4.69, 9.17) is 4.74 Å². The van der Waals surface area contributed by atoms with Gasteiger partial charge in [0, 0.05) is 28.9 Å². The normalized spacial score (nSPS) is 18.4. The number of benzene rings is 2. The highest BCUT2D eigenvalue weighted by molar-refractivity contribution is 6.08. The molecule has 2 aromatic carbocycles. The number of aromatic nitrogens is 2. The summed E-state index contributed by atoms with van der Waals surface area (Å²) in [6.07, 6.45) is 2.58. The van der Waals surface area contributed by atoms with Gasteiger partial charge in [0.05, 0.1) is 12.8 Å². The fraction of sp³-hybridized carbons (Fsp3) is 0.296. The number of nitrogens with zero attached hydrogens (tertiary/aromatic N) is 2. The Hall–Kier alpha value is -3.94. The zero-order chi connectivity index (χ0) is 24.7. The van der Waals surface area contributed by atoms with Gasteiger partial charge < -0.3 is 15.4 Å². The van der Waals surface area contributed by atoms with Crippen LogP contribution in [0.5, 0.6) is 5.75 Å². The maximum absolute atomic E-state index is 13.4. The van der Waals surface area contributed by atoms with E-state index < -0.39 is 6.04 Å². The minimum atomic E-state index is -0.528. The Labute approximate surface area is 203 Å². The Balaban J connectivity index is 1.61. The summed E-state index contributed by atoms with van der Waals surface area (Å²) in [7, 11) is 0. The number of hydrogen-bond donors (Lipinski definition) is 2. The van der Waals surface area contributed by atoms with Crippen molar-refractivity contribution in [1.82, 2.24) is 9.78 Å². The first-order chi connectivity index (χ1) is 16.8. The molecule has 0 bridgehead atoms. The van der Waals surface area contributed by atoms with Crippen molar-refractivity contribution in [2.75, 3.05) is 17.2 Å². The summed E-state index contributed by atoms with van der Waals surface area (Å²) in [5.41, 5.74) is 2.84. The smallest absolute Gasteiger partial charge is 0.261 e. The number of fused-ring (bicyclic) bond motifs is 1. The number of ketones is 1. The second kappa shape index (κ2) is 8.69. The minimum absolute atomic E-state index is 0.0542. The molecule has 1 aromatic heterocycles. The number of para-hydroxylation sites is 1. The summed E-state index contributed by atoms with van der Waals surface area (Å²) >= 11 is 0. The summed E-state index contributed by atoms with van der Waals surface area (Å²) in [6, 6.07) is 12.7. The third-order valence-corrected chi connectivity index (χ3v) is 6.36. The van der Waals surface area contributed by atoms with Crippen LogP contribution < -0.4 is 15.4 Å². The standard InChI is InChI=1S/C27H27FN4O3/c1-4-35-22-8-6-5-7-18(22)24-23-20(13-27(2,3)14-21(23)33)31-25-19(15-29-32(24)25)26(34)30-17-11-9-16(28)10-12-17/h5-12,15,24,31H,4,13-14H2,1-3H3,(H,30,34). The number of nitrogens with one attached hydrogen (secondary N) is 2. The number of anilines is 2. The highest BCUT2D eigenvalue weighted by atomic mass is 19.1. The van der Waals surface area contributed by atoms with Gasteiger partial charge >= 0.3 is 0 Å². The third kappa shape index (κ3) is 4.20. The molecule has 0 saturated carbocycles.